The highest BCUT2D eigenvalue weighted by atomic mass is 35.5. The molecule has 0 amide bonds. The monoisotopic (exact) mass is 389 g/mol. The third-order valence-corrected chi connectivity index (χ3v) is 4.99. The lowest BCUT2D eigenvalue weighted by Gasteiger charge is -2.16. The fourth-order valence-electron chi connectivity index (χ4n) is 3.61. The third kappa shape index (κ3) is 3.41. The van der Waals surface area contributed by atoms with E-state index in [2.05, 4.69) is 12.1 Å². The lowest BCUT2D eigenvalue weighted by molar-refractivity contribution is 0.103. The van der Waals surface area contributed by atoms with Crippen molar-refractivity contribution in [1.82, 2.24) is 4.90 Å². The minimum Gasteiger partial charge on any atom is -0.457 e. The number of halogens is 1. The molecule has 0 saturated heterocycles. The number of hydrogen-bond donors (Lipinski definition) is 0. The van der Waals surface area contributed by atoms with Gasteiger partial charge in [-0.05, 0) is 41.5 Å². The van der Waals surface area contributed by atoms with Crippen LogP contribution in [0.15, 0.2) is 84.6 Å². The van der Waals surface area contributed by atoms with Crippen LogP contribution >= 0.6 is 11.6 Å². The zero-order chi connectivity index (χ0) is 19.7. The fourth-order valence-corrected chi connectivity index (χ4v) is 3.73. The van der Waals surface area contributed by atoms with Crippen molar-refractivity contribution in [3.63, 3.8) is 0 Å². The second-order valence-corrected chi connectivity index (χ2v) is 7.43. The topological polar surface area (TPSA) is 29.5 Å². The number of carbonyl (C=O) groups is 1. The smallest absolute Gasteiger partial charge is 0.195 e. The zero-order valence-electron chi connectivity index (χ0n) is 15.7. The highest BCUT2D eigenvalue weighted by Crippen LogP contribution is 2.46. The SMILES string of the molecule is CN(C)/C=C1\C(=O)c2c(Oc3ccc(Cl)cc3)cccc2[C@@H]1c1ccccc1. The molecule has 0 fully saturated rings. The molecule has 0 N–H and O–H groups in total. The number of nitrogens with zero attached hydrogens (tertiary/aromatic N) is 1. The lowest BCUT2D eigenvalue weighted by atomic mass is 9.90. The molecule has 28 heavy (non-hydrogen) atoms. The van der Waals surface area contributed by atoms with Gasteiger partial charge in [0.05, 0.1) is 5.56 Å². The van der Waals surface area contributed by atoms with E-state index in [-0.39, 0.29) is 11.7 Å². The summed E-state index contributed by atoms with van der Waals surface area (Å²) < 4.78 is 6.06. The van der Waals surface area contributed by atoms with Crippen LogP contribution < -0.4 is 4.74 Å². The molecule has 3 aromatic rings. The largest absolute Gasteiger partial charge is 0.457 e. The van der Waals surface area contributed by atoms with Gasteiger partial charge in [-0.25, -0.2) is 0 Å². The van der Waals surface area contributed by atoms with Gasteiger partial charge in [-0.2, -0.15) is 0 Å². The van der Waals surface area contributed by atoms with Crippen LogP contribution in [0.2, 0.25) is 5.02 Å². The van der Waals surface area contributed by atoms with Crippen LogP contribution in [0, 0.1) is 0 Å². The zero-order valence-corrected chi connectivity index (χ0v) is 16.5. The van der Waals surface area contributed by atoms with Crippen molar-refractivity contribution in [1.29, 1.82) is 0 Å². The molecular weight excluding hydrogens is 370 g/mol. The number of ether oxygens (including phenoxy) is 1. The van der Waals surface area contributed by atoms with Crippen molar-refractivity contribution in [2.24, 2.45) is 0 Å². The van der Waals surface area contributed by atoms with Gasteiger partial charge in [-0.15, -0.1) is 0 Å². The van der Waals surface area contributed by atoms with Crippen LogP contribution in [0.4, 0.5) is 0 Å². The molecule has 0 unspecified atom stereocenters. The number of allylic oxidation sites excluding steroid dienone is 1. The Bertz CT molecular complexity index is 1040. The summed E-state index contributed by atoms with van der Waals surface area (Å²) in [6, 6.07) is 23.0. The first-order chi connectivity index (χ1) is 13.5. The first-order valence-corrected chi connectivity index (χ1v) is 9.46. The van der Waals surface area contributed by atoms with Crippen molar-refractivity contribution in [2.45, 2.75) is 5.92 Å². The Balaban J connectivity index is 1.83. The van der Waals surface area contributed by atoms with Crippen LogP contribution in [0.25, 0.3) is 0 Å². The van der Waals surface area contributed by atoms with E-state index in [0.717, 1.165) is 16.7 Å². The minimum absolute atomic E-state index is 0.00196. The van der Waals surface area contributed by atoms with Gasteiger partial charge in [0, 0.05) is 36.8 Å². The Morgan fingerprint density at radius 2 is 1.64 bits per heavy atom. The third-order valence-electron chi connectivity index (χ3n) is 4.74. The standard InChI is InChI=1S/C24H20ClNO2/c1-26(2)15-20-22(16-7-4-3-5-8-16)19-9-6-10-21(23(19)24(20)27)28-18-13-11-17(25)12-14-18/h3-15,22H,1-2H3/b20-15-/t22-/m0/s1. The normalized spacial score (nSPS) is 16.9. The van der Waals surface area contributed by atoms with E-state index < -0.39 is 0 Å². The van der Waals surface area contributed by atoms with E-state index in [1.165, 1.54) is 0 Å². The van der Waals surface area contributed by atoms with Crippen molar-refractivity contribution >= 4 is 17.4 Å². The summed E-state index contributed by atoms with van der Waals surface area (Å²) in [5.41, 5.74) is 3.43. The van der Waals surface area contributed by atoms with E-state index in [0.29, 0.717) is 22.1 Å². The Morgan fingerprint density at radius 1 is 0.929 bits per heavy atom. The maximum Gasteiger partial charge on any atom is 0.195 e. The molecule has 140 valence electrons. The van der Waals surface area contributed by atoms with Gasteiger partial charge in [0.2, 0.25) is 0 Å². The molecule has 0 spiro atoms. The molecule has 4 rings (SSSR count). The molecule has 4 heteroatoms. The van der Waals surface area contributed by atoms with Crippen molar-refractivity contribution in [3.8, 4) is 11.5 Å². The molecule has 0 aliphatic heterocycles. The Morgan fingerprint density at radius 3 is 2.32 bits per heavy atom. The summed E-state index contributed by atoms with van der Waals surface area (Å²) in [5, 5.41) is 0.641. The molecule has 0 bridgehead atoms. The average molecular weight is 390 g/mol. The second-order valence-electron chi connectivity index (χ2n) is 7.00. The van der Waals surface area contributed by atoms with Crippen LogP contribution in [0.3, 0.4) is 0 Å². The molecule has 3 aromatic carbocycles. The van der Waals surface area contributed by atoms with Crippen LogP contribution in [-0.4, -0.2) is 24.8 Å². The number of Topliss-reactive ketones (excluding diaryl/α,β-unsaturated/α-hetero) is 1. The van der Waals surface area contributed by atoms with Crippen LogP contribution in [-0.2, 0) is 0 Å². The molecule has 0 aromatic heterocycles. The van der Waals surface area contributed by atoms with E-state index >= 15 is 0 Å². The second kappa shape index (κ2) is 7.53. The highest BCUT2D eigenvalue weighted by molar-refractivity contribution is 6.30. The van der Waals surface area contributed by atoms with Crippen molar-refractivity contribution in [2.75, 3.05) is 14.1 Å². The van der Waals surface area contributed by atoms with Crippen LogP contribution in [0.5, 0.6) is 11.5 Å². The number of rotatable bonds is 4. The van der Waals surface area contributed by atoms with E-state index in [1.54, 1.807) is 24.3 Å². The van der Waals surface area contributed by atoms with Gasteiger partial charge in [0.25, 0.3) is 0 Å². The van der Waals surface area contributed by atoms with Crippen LogP contribution in [0.1, 0.15) is 27.4 Å². The van der Waals surface area contributed by atoms with E-state index in [4.69, 9.17) is 16.3 Å². The number of hydrogen-bond acceptors (Lipinski definition) is 3. The molecule has 1 atom stereocenters. The highest BCUT2D eigenvalue weighted by Gasteiger charge is 2.38. The first kappa shape index (κ1) is 18.3. The number of benzene rings is 3. The predicted molar refractivity (Wildman–Crippen MR) is 112 cm³/mol. The van der Waals surface area contributed by atoms with Crippen molar-refractivity contribution in [3.05, 3.63) is 106 Å². The predicted octanol–water partition coefficient (Wildman–Crippen LogP) is 5.91. The molecule has 3 nitrogen and oxygen atoms in total. The van der Waals surface area contributed by atoms with E-state index in [9.17, 15) is 4.79 Å². The first-order valence-electron chi connectivity index (χ1n) is 9.08. The molecule has 0 radical (unpaired) electrons. The van der Waals surface area contributed by atoms with E-state index in [1.807, 2.05) is 61.6 Å². The molecule has 1 aliphatic rings. The van der Waals surface area contributed by atoms with Gasteiger partial charge in [-0.3, -0.25) is 4.79 Å². The summed E-state index contributed by atoms with van der Waals surface area (Å²) in [7, 11) is 3.85. The summed E-state index contributed by atoms with van der Waals surface area (Å²) in [4.78, 5) is 15.3. The average Bonchev–Trinajstić information content (AvgIpc) is 2.96. The van der Waals surface area contributed by atoms with Crippen molar-refractivity contribution < 1.29 is 9.53 Å². The Labute approximate surface area is 169 Å². The quantitative estimate of drug-likeness (QED) is 0.520. The Hall–Kier alpha value is -3.04. The molecule has 0 saturated carbocycles. The van der Waals surface area contributed by atoms with Gasteiger partial charge in [0.15, 0.2) is 5.78 Å². The maximum atomic E-state index is 13.4. The van der Waals surface area contributed by atoms with Gasteiger partial charge in [-0.1, -0.05) is 54.1 Å². The summed E-state index contributed by atoms with van der Waals surface area (Å²) >= 11 is 5.96. The molecule has 0 heterocycles. The van der Waals surface area contributed by atoms with Gasteiger partial charge < -0.3 is 9.64 Å². The number of ketones is 1. The fraction of sp³-hybridized carbons (Fsp3) is 0.125. The maximum absolute atomic E-state index is 13.4. The lowest BCUT2D eigenvalue weighted by Crippen LogP contribution is -2.09. The minimum atomic E-state index is -0.111. The Kier molecular flexibility index (Phi) is 4.93. The molecule has 1 aliphatic carbocycles. The molecular formula is C24H20ClNO2. The number of carbonyl (C=O) groups excluding carboxylic acids is 1. The number of fused-ring (bicyclic) bond motifs is 1. The summed E-state index contributed by atoms with van der Waals surface area (Å²) in [6.07, 6.45) is 1.91. The van der Waals surface area contributed by atoms with Gasteiger partial charge in [0.1, 0.15) is 11.5 Å². The summed E-state index contributed by atoms with van der Waals surface area (Å²) in [6.45, 7) is 0. The summed E-state index contributed by atoms with van der Waals surface area (Å²) in [5.74, 6) is 1.10. The van der Waals surface area contributed by atoms with Gasteiger partial charge >= 0.3 is 0 Å².